The number of rotatable bonds is 26. The van der Waals surface area contributed by atoms with Gasteiger partial charge in [0.15, 0.2) is 34.0 Å². The van der Waals surface area contributed by atoms with Crippen molar-refractivity contribution in [2.75, 3.05) is 163 Å². The lowest BCUT2D eigenvalue weighted by Gasteiger charge is -2.47. The molecule has 0 bridgehead atoms. The summed E-state index contributed by atoms with van der Waals surface area (Å²) >= 11 is 49.9. The van der Waals surface area contributed by atoms with Crippen molar-refractivity contribution in [3.8, 4) is 0 Å². The highest BCUT2D eigenvalue weighted by molar-refractivity contribution is 7.88. The van der Waals surface area contributed by atoms with Crippen molar-refractivity contribution in [2.24, 2.45) is 47.3 Å². The number of aliphatic hydroxyl groups excluding tert-OH is 1. The number of nitrogens with zero attached hydrogens (tertiary/aromatic N) is 24. The molecule has 20 rings (SSSR count). The van der Waals surface area contributed by atoms with Gasteiger partial charge >= 0.3 is 12.4 Å². The van der Waals surface area contributed by atoms with Crippen molar-refractivity contribution < 1.29 is 44.7 Å². The Morgan fingerprint density at radius 2 is 0.705 bits per heavy atom. The lowest BCUT2D eigenvalue weighted by Crippen LogP contribution is -2.54. The van der Waals surface area contributed by atoms with Crippen molar-refractivity contribution in [3.05, 3.63) is 183 Å². The number of halogens is 14. The topological polar surface area (TPSA) is 296 Å². The Kier molecular flexibility index (Phi) is 34.1. The Morgan fingerprint density at radius 3 is 1.01 bits per heavy atom. The number of carbonyl (C=O) groups excluding carboxylic acids is 1. The van der Waals surface area contributed by atoms with Gasteiger partial charge in [-0.15, -0.1) is 0 Å². The third kappa shape index (κ3) is 25.0. The molecule has 3 N–H and O–H groups in total. The van der Waals surface area contributed by atoms with Crippen molar-refractivity contribution in [3.63, 3.8) is 0 Å². The van der Waals surface area contributed by atoms with Gasteiger partial charge in [-0.3, -0.25) is 4.79 Å². The van der Waals surface area contributed by atoms with Crippen LogP contribution in [0.4, 0.5) is 49.6 Å². The molecule has 45 heteroatoms. The number of aromatic nitrogens is 16. The zero-order valence-corrected chi connectivity index (χ0v) is 90.3. The molecule has 9 unspecified atom stereocenters. The number of hydrogen-bond acceptors (Lipinski definition) is 24. The number of nitrogens with one attached hydrogen (secondary N) is 2. The summed E-state index contributed by atoms with van der Waals surface area (Å²) in [5.41, 5.74) is 5.36. The maximum absolute atomic E-state index is 13.8. The van der Waals surface area contributed by atoms with E-state index in [1.54, 1.807) is 76.2 Å². The Bertz CT molecular complexity index is 6780. The van der Waals surface area contributed by atoms with E-state index in [0.29, 0.717) is 129 Å². The molecule has 8 fully saturated rings. The van der Waals surface area contributed by atoms with E-state index in [1.165, 1.54) is 60.1 Å². The number of amides is 1. The van der Waals surface area contributed by atoms with E-state index in [-0.39, 0.29) is 46.4 Å². The van der Waals surface area contributed by atoms with Gasteiger partial charge < -0.3 is 49.6 Å². The third-order valence-corrected chi connectivity index (χ3v) is 33.1. The van der Waals surface area contributed by atoms with Crippen LogP contribution in [-0.4, -0.2) is 274 Å². The van der Waals surface area contributed by atoms with E-state index in [0.717, 1.165) is 200 Å². The molecule has 1 amide bonds. The summed E-state index contributed by atoms with van der Waals surface area (Å²) in [6, 6.07) is 19.9. The average molecular weight is 2200 g/mol. The van der Waals surface area contributed by atoms with Crippen LogP contribution >= 0.6 is 92.8 Å². The molecule has 16 heterocycles. The molecule has 30 nitrogen and oxygen atoms in total. The quantitative estimate of drug-likeness (QED) is 0.0424. The molecule has 8 aromatic heterocycles. The fourth-order valence-corrected chi connectivity index (χ4v) is 24.6. The number of aliphatic hydroxyl groups is 1. The zero-order valence-electron chi connectivity index (χ0n) is 83.4. The minimum Gasteiger partial charge on any atom is -0.392 e. The largest absolute Gasteiger partial charge is 0.437 e. The van der Waals surface area contributed by atoms with Crippen molar-refractivity contribution >= 4 is 177 Å². The maximum Gasteiger partial charge on any atom is 0.437 e. The van der Waals surface area contributed by atoms with Gasteiger partial charge in [-0.25, -0.2) is 71.7 Å². The second kappa shape index (κ2) is 45.9. The van der Waals surface area contributed by atoms with Crippen LogP contribution < -0.4 is 29.6 Å². The van der Waals surface area contributed by atoms with Crippen LogP contribution in [0.1, 0.15) is 176 Å². The fraction of sp³-hybridized carbons (Fsp3) is 0.554. The minimum absolute atomic E-state index is 0.0402. The molecule has 0 spiro atoms. The summed E-state index contributed by atoms with van der Waals surface area (Å²) in [7, 11) is -3.14. The van der Waals surface area contributed by atoms with Crippen LogP contribution in [0, 0.1) is 61.2 Å². The number of sulfonamides is 1. The molecule has 0 aliphatic carbocycles. The highest BCUT2D eigenvalue weighted by atomic mass is 35.5. The number of likely N-dealkylation sites (tertiary alicyclic amines) is 4. The molecule has 8 saturated heterocycles. The van der Waals surface area contributed by atoms with E-state index in [2.05, 4.69) is 107 Å². The number of alkyl halides is 6. The first-order chi connectivity index (χ1) is 69.4. The second-order valence-electron chi connectivity index (χ2n) is 40.8. The lowest BCUT2D eigenvalue weighted by atomic mass is 9.80. The van der Waals surface area contributed by atoms with Gasteiger partial charge in [0.05, 0.1) is 72.7 Å². The number of carbonyl (C=O) groups is 1. The predicted octanol–water partition coefficient (Wildman–Crippen LogP) is 19.7. The Hall–Kier alpha value is -8.64. The van der Waals surface area contributed by atoms with Gasteiger partial charge in [-0.05, 0) is 258 Å². The molecular weight excluding hydrogens is 2070 g/mol. The molecule has 786 valence electrons. The number of hydrogen-bond donors (Lipinski definition) is 3. The Balaban J connectivity index is 0.000000133. The summed E-state index contributed by atoms with van der Waals surface area (Å²) in [5.74, 6) is 7.62. The third-order valence-electron chi connectivity index (χ3n) is 30.1. The molecule has 8 aliphatic rings. The molecule has 12 aromatic rings. The van der Waals surface area contributed by atoms with Crippen LogP contribution in [0.25, 0.3) is 44.7 Å². The summed E-state index contributed by atoms with van der Waals surface area (Å²) < 4.78 is 115. The SMILES string of the molecule is CC(=O)NCCN1CCCC(C2CN(c3cnc4c(C)nn(C(C)c5ccc(Cl)cc5Cl)c4n3)C2)C1.CC(C)N1CCCC(C2CN(c3cnc4c(C(F)(F)F)nn(C(C)c5ccc(Cl)cc5Cl)c4n3)C2)C1.CC(O)CN1CCCC(C2CN(c3cnc4c(C(F)(F)F)nn(C(C)c5ccc(Cl)cc5Cl)c4n3)C2)C1.Cc1nn(C(C)c2ccc(Cl)cc2Cl)c2nc(N3CC(C4CCCN(CCNS(C)(=O)=O)C4)C3)cnc12. The summed E-state index contributed by atoms with van der Waals surface area (Å²) in [6.07, 6.45) is 7.58. The molecule has 9 atom stereocenters. The average Bonchev–Trinajstić information content (AvgIpc) is 1.60. The number of piperidine rings is 4. The first-order valence-electron chi connectivity index (χ1n) is 50.1. The Morgan fingerprint density at radius 1 is 0.411 bits per heavy atom. The smallest absolute Gasteiger partial charge is 0.392 e. The van der Waals surface area contributed by atoms with Crippen LogP contribution in [0.5, 0.6) is 0 Å². The summed E-state index contributed by atoms with van der Waals surface area (Å²) in [6.45, 7) is 38.4. The van der Waals surface area contributed by atoms with E-state index < -0.39 is 45.8 Å². The molecule has 0 radical (unpaired) electrons. The maximum atomic E-state index is 13.8. The van der Waals surface area contributed by atoms with Crippen molar-refractivity contribution in [1.82, 2.24) is 109 Å². The zero-order chi connectivity index (χ0) is 104. The fourth-order valence-electron chi connectivity index (χ4n) is 21.9. The van der Waals surface area contributed by atoms with Crippen molar-refractivity contribution in [1.29, 1.82) is 0 Å². The number of benzene rings is 4. The van der Waals surface area contributed by atoms with Gasteiger partial charge in [0.25, 0.3) is 0 Å². The highest BCUT2D eigenvalue weighted by Crippen LogP contribution is 2.45. The van der Waals surface area contributed by atoms with Gasteiger partial charge in [0.2, 0.25) is 15.9 Å². The normalized spacial score (nSPS) is 20.6. The minimum atomic E-state index is -4.68. The van der Waals surface area contributed by atoms with Crippen LogP contribution in [0.2, 0.25) is 40.2 Å². The molecule has 8 aliphatic heterocycles. The number of β-amino-alcohol motifs (C(OH)–C–C–N with tert-alkyl or cyclic N) is 1. The van der Waals surface area contributed by atoms with Gasteiger partial charge in [-0.1, -0.05) is 117 Å². The lowest BCUT2D eigenvalue weighted by molar-refractivity contribution is -0.141. The van der Waals surface area contributed by atoms with Gasteiger partial charge in [-0.2, -0.15) is 46.7 Å². The molecule has 146 heavy (non-hydrogen) atoms. The molecule has 4 aromatic carbocycles. The van der Waals surface area contributed by atoms with Gasteiger partial charge in [0.1, 0.15) is 45.3 Å². The first-order valence-corrected chi connectivity index (χ1v) is 55.0. The van der Waals surface area contributed by atoms with Gasteiger partial charge in [0, 0.05) is 164 Å². The first kappa shape index (κ1) is 109. The van der Waals surface area contributed by atoms with Crippen molar-refractivity contribution in [2.45, 2.75) is 169 Å². The van der Waals surface area contributed by atoms with E-state index in [4.69, 9.17) is 123 Å². The molecule has 0 saturated carbocycles. The van der Waals surface area contributed by atoms with E-state index in [1.807, 2.05) is 59.9 Å². The van der Waals surface area contributed by atoms with Crippen LogP contribution in [-0.2, 0) is 27.2 Å². The second-order valence-corrected chi connectivity index (χ2v) is 46.0. The monoisotopic (exact) mass is 2190 g/mol. The standard InChI is InChI=1S/C26H33Cl2N7O.C25H29Cl2F3N6O.C25H29Cl2F3N6.C25H33Cl2N7O2S/c1-16-25-26(35(32-16)17(2)22-7-6-21(27)11-23(22)28)31-24(12-30-25)34-14-20(15-34)19-5-4-9-33(13-19)10-8-29-18(3)36;1-14(37)10-34-7-3-4-16(11-34)17-12-35(13-17)21-9-31-22-23(25(28,29)30)33-36(24(22)32-21)15(2)19-6-5-18(26)8-20(19)27;1-14(2)34-8-4-5-16(11-34)17-12-35(13-17)21-10-31-22-23(25(28,29)30)33-36(24(22)32-21)15(3)19-7-6-18(26)9-20(19)27;1-16-24-25(34(31-16)17(2)21-7-6-20(26)11-22(21)27)30-23(12-28-24)33-14-19(15-33)18-5-4-9-32(13-18)10-8-29-37(3,35)36/h6-7,11-12,17,19-20H,4-5,8-10,13-15H2,1-3H3,(H,29,36);5-6,8-9,14-17,37H,3-4,7,10-13H2,1-2H3;6-7,9-10,14-17H,4-5,8,11-13H2,1-3H3;6-7,11-12,17-19,29H,4-5,8-10,13-15H2,1-3H3. The predicted molar refractivity (Wildman–Crippen MR) is 565 cm³/mol. The summed E-state index contributed by atoms with van der Waals surface area (Å²) in [5, 5.41) is 34.0. The van der Waals surface area contributed by atoms with E-state index >= 15 is 0 Å². The number of aryl methyl sites for hydroxylation is 2. The number of fused-ring (bicyclic) bond motifs is 4. The van der Waals surface area contributed by atoms with Crippen LogP contribution in [0.3, 0.4) is 0 Å². The molecular formula is C101H124Cl8F6N26O4S. The number of anilines is 4. The Labute approximate surface area is 886 Å². The van der Waals surface area contributed by atoms with E-state index in [9.17, 15) is 44.7 Å². The van der Waals surface area contributed by atoms with Crippen LogP contribution in [0.15, 0.2) is 97.6 Å². The summed E-state index contributed by atoms with van der Waals surface area (Å²) in [4.78, 5) is 66.7. The highest BCUT2D eigenvalue weighted by Gasteiger charge is 2.46.